The van der Waals surface area contributed by atoms with Crippen LogP contribution in [-0.2, 0) is 22.4 Å². The second-order valence-corrected chi connectivity index (χ2v) is 8.65. The molecule has 1 aliphatic carbocycles. The maximum atomic E-state index is 12.5. The Bertz CT molecular complexity index is 874. The quantitative estimate of drug-likeness (QED) is 0.478. The van der Waals surface area contributed by atoms with Crippen LogP contribution in [0.5, 0.6) is 5.75 Å². The van der Waals surface area contributed by atoms with Gasteiger partial charge in [-0.05, 0) is 62.6 Å². The molecule has 6 heteroatoms. The number of ether oxygens (including phenoxy) is 2. The molecule has 29 heavy (non-hydrogen) atoms. The van der Waals surface area contributed by atoms with Crippen LogP contribution in [0.4, 0.5) is 5.00 Å². The molecule has 3 rings (SSSR count). The van der Waals surface area contributed by atoms with E-state index in [2.05, 4.69) is 12.2 Å². The second kappa shape index (κ2) is 9.92. The predicted molar refractivity (Wildman–Crippen MR) is 116 cm³/mol. The molecule has 1 aromatic heterocycles. The Labute approximate surface area is 176 Å². The lowest BCUT2D eigenvalue weighted by atomic mass is 9.88. The first kappa shape index (κ1) is 21.4. The van der Waals surface area contributed by atoms with Gasteiger partial charge in [0.15, 0.2) is 0 Å². The van der Waals surface area contributed by atoms with E-state index < -0.39 is 0 Å². The van der Waals surface area contributed by atoms with Crippen LogP contribution in [-0.4, -0.2) is 25.1 Å². The molecule has 5 nitrogen and oxygen atoms in total. The van der Waals surface area contributed by atoms with E-state index in [-0.39, 0.29) is 11.9 Å². The van der Waals surface area contributed by atoms with E-state index in [0.29, 0.717) is 42.5 Å². The smallest absolute Gasteiger partial charge is 0.341 e. The van der Waals surface area contributed by atoms with Crippen LogP contribution in [0.2, 0.25) is 0 Å². The van der Waals surface area contributed by atoms with Crippen molar-refractivity contribution in [3.8, 4) is 5.75 Å². The minimum Gasteiger partial charge on any atom is -0.493 e. The fraction of sp³-hybridized carbons (Fsp3) is 0.478. The molecule has 156 valence electrons. The number of fused-ring (bicyclic) bond motifs is 1. The average molecular weight is 416 g/mol. The molecule has 2 aromatic rings. The Morgan fingerprint density at radius 1 is 1.28 bits per heavy atom. The fourth-order valence-corrected chi connectivity index (χ4v) is 5.00. The monoisotopic (exact) mass is 415 g/mol. The van der Waals surface area contributed by atoms with Crippen molar-refractivity contribution >= 4 is 28.2 Å². The minimum atomic E-state index is -0.335. The second-order valence-electron chi connectivity index (χ2n) is 7.54. The maximum absolute atomic E-state index is 12.5. The number of para-hydroxylation sites is 1. The van der Waals surface area contributed by atoms with Crippen molar-refractivity contribution in [1.29, 1.82) is 0 Å². The summed E-state index contributed by atoms with van der Waals surface area (Å²) in [6.07, 6.45) is 3.82. The van der Waals surface area contributed by atoms with Crippen LogP contribution in [0.25, 0.3) is 0 Å². The van der Waals surface area contributed by atoms with Crippen molar-refractivity contribution in [2.24, 2.45) is 5.92 Å². The van der Waals surface area contributed by atoms with Crippen LogP contribution >= 0.6 is 11.3 Å². The number of hydrogen-bond acceptors (Lipinski definition) is 5. The molecular formula is C23H29NO4S. The van der Waals surface area contributed by atoms with E-state index in [1.165, 1.54) is 16.2 Å². The highest BCUT2D eigenvalue weighted by Gasteiger charge is 2.29. The third-order valence-corrected chi connectivity index (χ3v) is 6.31. The van der Waals surface area contributed by atoms with E-state index in [1.807, 2.05) is 31.2 Å². The van der Waals surface area contributed by atoms with Gasteiger partial charge in [0.25, 0.3) is 0 Å². The van der Waals surface area contributed by atoms with Gasteiger partial charge in [0.2, 0.25) is 5.91 Å². The SMILES string of the molecule is CCOC(=O)c1c(NC(=O)CCCOc2ccccc2C)sc2c1CC[C@@H](C)C2. The lowest BCUT2D eigenvalue weighted by molar-refractivity contribution is -0.116. The van der Waals surface area contributed by atoms with Crippen LogP contribution < -0.4 is 10.1 Å². The van der Waals surface area contributed by atoms with Crippen molar-refractivity contribution in [2.45, 2.75) is 52.9 Å². The lowest BCUT2D eigenvalue weighted by Crippen LogP contribution is -2.17. The van der Waals surface area contributed by atoms with Gasteiger partial charge in [0, 0.05) is 11.3 Å². The average Bonchev–Trinajstić information content (AvgIpc) is 3.03. The number of rotatable bonds is 8. The molecule has 1 aromatic carbocycles. The molecule has 1 amide bonds. The summed E-state index contributed by atoms with van der Waals surface area (Å²) in [6.45, 7) is 6.81. The van der Waals surface area contributed by atoms with E-state index >= 15 is 0 Å². The number of thiophene rings is 1. The summed E-state index contributed by atoms with van der Waals surface area (Å²) in [5.74, 6) is 1.00. The largest absolute Gasteiger partial charge is 0.493 e. The molecule has 1 aliphatic rings. The highest BCUT2D eigenvalue weighted by atomic mass is 32.1. The standard InChI is InChI=1S/C23H29NO4S/c1-4-27-23(26)21-17-12-11-15(2)14-19(17)29-22(21)24-20(25)10-7-13-28-18-9-6-5-8-16(18)3/h5-6,8-9,15H,4,7,10-14H2,1-3H3,(H,24,25)/t15-/m1/s1. The molecule has 0 saturated heterocycles. The van der Waals surface area contributed by atoms with Crippen LogP contribution in [0.3, 0.4) is 0 Å². The van der Waals surface area contributed by atoms with E-state index in [4.69, 9.17) is 9.47 Å². The first-order valence-electron chi connectivity index (χ1n) is 10.3. The summed E-state index contributed by atoms with van der Waals surface area (Å²) >= 11 is 1.52. The fourth-order valence-electron chi connectivity index (χ4n) is 3.58. The Morgan fingerprint density at radius 3 is 2.83 bits per heavy atom. The molecule has 0 aliphatic heterocycles. The molecule has 1 atom stereocenters. The number of aryl methyl sites for hydroxylation is 1. The van der Waals surface area contributed by atoms with E-state index in [9.17, 15) is 9.59 Å². The number of carbonyl (C=O) groups is 2. The van der Waals surface area contributed by atoms with E-state index in [1.54, 1.807) is 6.92 Å². The predicted octanol–water partition coefficient (Wildman–Crippen LogP) is 5.16. The molecule has 0 bridgehead atoms. The highest BCUT2D eigenvalue weighted by Crippen LogP contribution is 2.40. The van der Waals surface area contributed by atoms with Gasteiger partial charge in [-0.2, -0.15) is 0 Å². The van der Waals surface area contributed by atoms with Crippen LogP contribution in [0.15, 0.2) is 24.3 Å². The number of amides is 1. The zero-order chi connectivity index (χ0) is 20.8. The minimum absolute atomic E-state index is 0.101. The number of hydrogen-bond donors (Lipinski definition) is 1. The number of esters is 1. The van der Waals surface area contributed by atoms with Gasteiger partial charge in [-0.1, -0.05) is 25.1 Å². The van der Waals surface area contributed by atoms with E-state index in [0.717, 1.165) is 36.1 Å². The van der Waals surface area contributed by atoms with Gasteiger partial charge in [-0.25, -0.2) is 4.79 Å². The molecule has 0 spiro atoms. The molecule has 0 saturated carbocycles. The Hall–Kier alpha value is -2.34. The molecular weight excluding hydrogens is 386 g/mol. The number of nitrogens with one attached hydrogen (secondary N) is 1. The molecule has 1 heterocycles. The summed E-state index contributed by atoms with van der Waals surface area (Å²) in [7, 11) is 0. The van der Waals surface area contributed by atoms with Crippen molar-refractivity contribution in [1.82, 2.24) is 0 Å². The zero-order valence-electron chi connectivity index (χ0n) is 17.4. The Kier molecular flexibility index (Phi) is 7.31. The topological polar surface area (TPSA) is 64.6 Å². The molecule has 0 unspecified atom stereocenters. The van der Waals surface area contributed by atoms with Gasteiger partial charge in [0.05, 0.1) is 18.8 Å². The first-order valence-corrected chi connectivity index (χ1v) is 11.1. The summed E-state index contributed by atoms with van der Waals surface area (Å²) < 4.78 is 11.0. The third-order valence-electron chi connectivity index (χ3n) is 5.14. The summed E-state index contributed by atoms with van der Waals surface area (Å²) in [6, 6.07) is 7.83. The van der Waals surface area contributed by atoms with Gasteiger partial charge in [-0.3, -0.25) is 4.79 Å². The number of anilines is 1. The first-order chi connectivity index (χ1) is 14.0. The zero-order valence-corrected chi connectivity index (χ0v) is 18.2. The molecule has 0 fully saturated rings. The van der Waals surface area contributed by atoms with Crippen molar-refractivity contribution in [3.63, 3.8) is 0 Å². The van der Waals surface area contributed by atoms with Gasteiger partial charge in [0.1, 0.15) is 10.8 Å². The van der Waals surface area contributed by atoms with Gasteiger partial charge in [-0.15, -0.1) is 11.3 Å². The van der Waals surface area contributed by atoms with Crippen molar-refractivity contribution in [3.05, 3.63) is 45.8 Å². The third kappa shape index (κ3) is 5.38. The van der Waals surface area contributed by atoms with Crippen molar-refractivity contribution in [2.75, 3.05) is 18.5 Å². The summed E-state index contributed by atoms with van der Waals surface area (Å²) in [5.41, 5.74) is 2.70. The van der Waals surface area contributed by atoms with Gasteiger partial charge >= 0.3 is 5.97 Å². The summed E-state index contributed by atoms with van der Waals surface area (Å²) in [4.78, 5) is 26.2. The molecule has 1 N–H and O–H groups in total. The summed E-state index contributed by atoms with van der Waals surface area (Å²) in [5, 5.41) is 3.59. The van der Waals surface area contributed by atoms with Crippen LogP contribution in [0, 0.1) is 12.8 Å². The molecule has 0 radical (unpaired) electrons. The highest BCUT2D eigenvalue weighted by molar-refractivity contribution is 7.17. The lowest BCUT2D eigenvalue weighted by Gasteiger charge is -2.18. The number of benzene rings is 1. The van der Waals surface area contributed by atoms with Gasteiger partial charge < -0.3 is 14.8 Å². The van der Waals surface area contributed by atoms with Crippen molar-refractivity contribution < 1.29 is 19.1 Å². The van der Waals surface area contributed by atoms with Crippen LogP contribution in [0.1, 0.15) is 59.5 Å². The Balaban J connectivity index is 1.60. The Morgan fingerprint density at radius 2 is 2.07 bits per heavy atom. The number of carbonyl (C=O) groups excluding carboxylic acids is 2. The normalized spacial score (nSPS) is 15.5. The maximum Gasteiger partial charge on any atom is 0.341 e.